The van der Waals surface area contributed by atoms with Gasteiger partial charge in [0.1, 0.15) is 11.5 Å². The minimum absolute atomic E-state index is 0.0333. The molecule has 2 heterocycles. The van der Waals surface area contributed by atoms with E-state index in [9.17, 15) is 18.0 Å². The van der Waals surface area contributed by atoms with Gasteiger partial charge in [-0.3, -0.25) is 9.78 Å². The zero-order valence-corrected chi connectivity index (χ0v) is 17.0. The van der Waals surface area contributed by atoms with Crippen molar-refractivity contribution in [3.8, 4) is 0 Å². The maximum Gasteiger partial charge on any atom is 0.433 e. The van der Waals surface area contributed by atoms with Gasteiger partial charge in [-0.25, -0.2) is 4.98 Å². The average molecular weight is 418 g/mol. The molecule has 1 saturated carbocycles. The van der Waals surface area contributed by atoms with Crippen molar-refractivity contribution in [3.63, 3.8) is 0 Å². The SMILES string of the molecule is CCC(C(=O)Nc1ccc(C)nc1)=C1CCC(c2ccc(C(F)(F)F)nc2N)CC1. The van der Waals surface area contributed by atoms with E-state index in [0.717, 1.165) is 35.7 Å². The van der Waals surface area contributed by atoms with Gasteiger partial charge in [-0.2, -0.15) is 13.2 Å². The first-order chi connectivity index (χ1) is 14.2. The van der Waals surface area contributed by atoms with Crippen LogP contribution in [0.5, 0.6) is 0 Å². The summed E-state index contributed by atoms with van der Waals surface area (Å²) >= 11 is 0. The van der Waals surface area contributed by atoms with E-state index in [2.05, 4.69) is 15.3 Å². The number of allylic oxidation sites excluding steroid dienone is 1. The summed E-state index contributed by atoms with van der Waals surface area (Å²) in [6, 6.07) is 6.07. The van der Waals surface area contributed by atoms with Gasteiger partial charge in [0.2, 0.25) is 0 Å². The van der Waals surface area contributed by atoms with Crippen LogP contribution in [0.4, 0.5) is 24.7 Å². The van der Waals surface area contributed by atoms with Gasteiger partial charge >= 0.3 is 6.18 Å². The van der Waals surface area contributed by atoms with Gasteiger partial charge < -0.3 is 11.1 Å². The van der Waals surface area contributed by atoms with E-state index in [1.165, 1.54) is 6.07 Å². The Morgan fingerprint density at radius 3 is 2.43 bits per heavy atom. The number of nitrogen functional groups attached to an aromatic ring is 1. The van der Waals surface area contributed by atoms with Crippen LogP contribution in [-0.4, -0.2) is 15.9 Å². The highest BCUT2D eigenvalue weighted by molar-refractivity contribution is 6.04. The number of aromatic nitrogens is 2. The van der Waals surface area contributed by atoms with Gasteiger partial charge in [0.25, 0.3) is 5.91 Å². The molecule has 0 saturated heterocycles. The molecule has 30 heavy (non-hydrogen) atoms. The topological polar surface area (TPSA) is 80.9 Å². The lowest BCUT2D eigenvalue weighted by Crippen LogP contribution is -2.19. The van der Waals surface area contributed by atoms with Crippen molar-refractivity contribution in [1.82, 2.24) is 9.97 Å². The summed E-state index contributed by atoms with van der Waals surface area (Å²) < 4.78 is 38.4. The highest BCUT2D eigenvalue weighted by atomic mass is 19.4. The fourth-order valence-electron chi connectivity index (χ4n) is 3.89. The number of hydrogen-bond acceptors (Lipinski definition) is 4. The molecule has 2 aromatic heterocycles. The van der Waals surface area contributed by atoms with Crippen LogP contribution in [0, 0.1) is 6.92 Å². The molecular weight excluding hydrogens is 393 g/mol. The molecule has 3 rings (SSSR count). The molecule has 2 aromatic rings. The molecule has 5 nitrogen and oxygen atoms in total. The Balaban J connectivity index is 1.70. The van der Waals surface area contributed by atoms with E-state index >= 15 is 0 Å². The minimum atomic E-state index is -4.51. The fraction of sp³-hybridized carbons (Fsp3) is 0.409. The molecule has 1 aliphatic carbocycles. The maximum absolute atomic E-state index is 12.8. The molecule has 160 valence electrons. The van der Waals surface area contributed by atoms with Crippen molar-refractivity contribution in [1.29, 1.82) is 0 Å². The third-order valence-corrected chi connectivity index (χ3v) is 5.50. The van der Waals surface area contributed by atoms with Crippen LogP contribution in [0.3, 0.4) is 0 Å². The number of nitrogens with one attached hydrogen (secondary N) is 1. The zero-order chi connectivity index (χ0) is 21.9. The van der Waals surface area contributed by atoms with Gasteiger partial charge in [0.15, 0.2) is 0 Å². The van der Waals surface area contributed by atoms with Crippen LogP contribution in [0.2, 0.25) is 0 Å². The van der Waals surface area contributed by atoms with Crippen LogP contribution in [0.15, 0.2) is 41.6 Å². The number of anilines is 2. The summed E-state index contributed by atoms with van der Waals surface area (Å²) in [5.74, 6) is -0.166. The molecule has 0 aliphatic heterocycles. The number of amides is 1. The number of rotatable bonds is 4. The summed E-state index contributed by atoms with van der Waals surface area (Å²) in [6.45, 7) is 3.82. The van der Waals surface area contributed by atoms with E-state index in [1.807, 2.05) is 26.0 Å². The van der Waals surface area contributed by atoms with Crippen LogP contribution in [0.1, 0.15) is 61.9 Å². The Bertz CT molecular complexity index is 942. The number of carbonyl (C=O) groups is 1. The van der Waals surface area contributed by atoms with Crippen LogP contribution < -0.4 is 11.1 Å². The van der Waals surface area contributed by atoms with Crippen molar-refractivity contribution < 1.29 is 18.0 Å². The Hall–Kier alpha value is -2.90. The lowest BCUT2D eigenvalue weighted by molar-refractivity contribution is -0.141. The highest BCUT2D eigenvalue weighted by Gasteiger charge is 2.33. The Kier molecular flexibility index (Phi) is 6.43. The predicted molar refractivity (Wildman–Crippen MR) is 110 cm³/mol. The molecule has 0 bridgehead atoms. The first-order valence-corrected chi connectivity index (χ1v) is 9.97. The number of halogens is 3. The molecule has 1 amide bonds. The van der Waals surface area contributed by atoms with E-state index in [0.29, 0.717) is 30.5 Å². The van der Waals surface area contributed by atoms with E-state index in [-0.39, 0.29) is 17.6 Å². The quantitative estimate of drug-likeness (QED) is 0.653. The van der Waals surface area contributed by atoms with Crippen molar-refractivity contribution in [2.24, 2.45) is 0 Å². The molecule has 0 radical (unpaired) electrons. The molecule has 8 heteroatoms. The molecule has 0 atom stereocenters. The highest BCUT2D eigenvalue weighted by Crippen LogP contribution is 2.40. The van der Waals surface area contributed by atoms with Crippen molar-refractivity contribution >= 4 is 17.4 Å². The largest absolute Gasteiger partial charge is 0.433 e. The summed E-state index contributed by atoms with van der Waals surface area (Å²) in [4.78, 5) is 20.5. The van der Waals surface area contributed by atoms with Gasteiger partial charge in [-0.05, 0) is 68.7 Å². The molecular formula is C22H25F3N4O. The summed E-state index contributed by atoms with van der Waals surface area (Å²) in [6.07, 6.45) is 0.565. The second-order valence-corrected chi connectivity index (χ2v) is 7.52. The average Bonchev–Trinajstić information content (AvgIpc) is 2.70. The molecule has 1 aliphatic rings. The summed E-state index contributed by atoms with van der Waals surface area (Å²) in [5.41, 5.74) is 8.86. The lowest BCUT2D eigenvalue weighted by atomic mass is 9.79. The molecule has 3 N–H and O–H groups in total. The number of alkyl halides is 3. The second-order valence-electron chi connectivity index (χ2n) is 7.52. The Morgan fingerprint density at radius 2 is 1.90 bits per heavy atom. The summed E-state index contributed by atoms with van der Waals surface area (Å²) in [5, 5.41) is 2.89. The number of carbonyl (C=O) groups excluding carboxylic acids is 1. The van der Waals surface area contributed by atoms with Crippen LogP contribution in [-0.2, 0) is 11.0 Å². The van der Waals surface area contributed by atoms with Gasteiger partial charge in [-0.15, -0.1) is 0 Å². The molecule has 0 aromatic carbocycles. The van der Waals surface area contributed by atoms with E-state index in [1.54, 1.807) is 6.20 Å². The van der Waals surface area contributed by atoms with Crippen LogP contribution >= 0.6 is 0 Å². The van der Waals surface area contributed by atoms with Crippen molar-refractivity contribution in [2.45, 2.75) is 58.0 Å². The standard InChI is InChI=1S/C22H25F3N4O/c1-3-17(21(30)28-16-9-4-13(2)27-12-16)14-5-7-15(8-6-14)18-10-11-19(22(23,24)25)29-20(18)26/h4,9-12,15H,3,5-8H2,1-2H3,(H2,26,29)(H,28,30). The summed E-state index contributed by atoms with van der Waals surface area (Å²) in [7, 11) is 0. The van der Waals surface area contributed by atoms with Gasteiger partial charge in [0, 0.05) is 11.3 Å². The molecule has 1 fully saturated rings. The molecule has 0 spiro atoms. The predicted octanol–water partition coefficient (Wildman–Crippen LogP) is 5.39. The van der Waals surface area contributed by atoms with Gasteiger partial charge in [0.05, 0.1) is 11.9 Å². The monoisotopic (exact) mass is 418 g/mol. The second kappa shape index (κ2) is 8.85. The first kappa shape index (κ1) is 21.8. The van der Waals surface area contributed by atoms with Crippen molar-refractivity contribution in [2.75, 3.05) is 11.1 Å². The third-order valence-electron chi connectivity index (χ3n) is 5.50. The maximum atomic E-state index is 12.8. The van der Waals surface area contributed by atoms with Gasteiger partial charge in [-0.1, -0.05) is 18.6 Å². The number of nitrogens with two attached hydrogens (primary N) is 1. The Labute approximate surface area is 173 Å². The third kappa shape index (κ3) is 4.98. The minimum Gasteiger partial charge on any atom is -0.383 e. The normalized spacial score (nSPS) is 17.0. The van der Waals surface area contributed by atoms with E-state index < -0.39 is 11.9 Å². The molecule has 0 unspecified atom stereocenters. The number of aryl methyl sites for hydroxylation is 1. The lowest BCUT2D eigenvalue weighted by Gasteiger charge is -2.27. The van der Waals surface area contributed by atoms with Crippen molar-refractivity contribution in [3.05, 3.63) is 58.6 Å². The number of pyridine rings is 2. The smallest absolute Gasteiger partial charge is 0.383 e. The number of nitrogens with zero attached hydrogens (tertiary/aromatic N) is 2. The first-order valence-electron chi connectivity index (χ1n) is 9.97. The van der Waals surface area contributed by atoms with Crippen LogP contribution in [0.25, 0.3) is 0 Å². The zero-order valence-electron chi connectivity index (χ0n) is 17.0. The van der Waals surface area contributed by atoms with E-state index in [4.69, 9.17) is 5.73 Å². The Morgan fingerprint density at radius 1 is 1.20 bits per heavy atom. The fourth-order valence-corrected chi connectivity index (χ4v) is 3.89. The number of hydrogen-bond donors (Lipinski definition) is 2.